The van der Waals surface area contributed by atoms with Crippen LogP contribution in [0, 0.1) is 17.1 Å². The zero-order valence-electron chi connectivity index (χ0n) is 11.2. The van der Waals surface area contributed by atoms with Crippen molar-refractivity contribution in [2.24, 2.45) is 0 Å². The van der Waals surface area contributed by atoms with Crippen molar-refractivity contribution < 1.29 is 4.39 Å². The number of hydrogen-bond acceptors (Lipinski definition) is 3. The zero-order chi connectivity index (χ0) is 13.5. The number of benzene rings is 1. The van der Waals surface area contributed by atoms with E-state index in [9.17, 15) is 4.39 Å². The predicted molar refractivity (Wildman–Crippen MR) is 72.0 cm³/mol. The molecule has 0 saturated heterocycles. The molecule has 1 atom stereocenters. The van der Waals surface area contributed by atoms with E-state index >= 15 is 0 Å². The molecule has 4 heteroatoms. The molecule has 0 aliphatic carbocycles. The highest BCUT2D eigenvalue weighted by atomic mass is 19.1. The van der Waals surface area contributed by atoms with Gasteiger partial charge in [0.2, 0.25) is 0 Å². The third-order valence-electron chi connectivity index (χ3n) is 2.67. The van der Waals surface area contributed by atoms with E-state index in [1.54, 1.807) is 18.2 Å². The van der Waals surface area contributed by atoms with E-state index < -0.39 is 0 Å². The Morgan fingerprint density at radius 2 is 2.06 bits per heavy atom. The lowest BCUT2D eigenvalue weighted by molar-refractivity contribution is 0.519. The lowest BCUT2D eigenvalue weighted by Gasteiger charge is -2.27. The number of halogens is 1. The van der Waals surface area contributed by atoms with Gasteiger partial charge >= 0.3 is 0 Å². The first-order valence-electron chi connectivity index (χ1n) is 6.23. The lowest BCUT2D eigenvalue weighted by atomic mass is 10.2. The minimum absolute atomic E-state index is 0.231. The highest BCUT2D eigenvalue weighted by Gasteiger charge is 2.15. The molecule has 0 aromatic heterocycles. The summed E-state index contributed by atoms with van der Waals surface area (Å²) < 4.78 is 13.7. The molecule has 3 nitrogen and oxygen atoms in total. The molecule has 0 spiro atoms. The van der Waals surface area contributed by atoms with Crippen LogP contribution < -0.4 is 10.2 Å². The third kappa shape index (κ3) is 4.01. The molecule has 1 rings (SSSR count). The van der Waals surface area contributed by atoms with E-state index in [0.717, 1.165) is 0 Å². The van der Waals surface area contributed by atoms with Crippen LogP contribution in [0.4, 0.5) is 10.1 Å². The first-order valence-corrected chi connectivity index (χ1v) is 6.23. The molecular formula is C14H20FN3. The van der Waals surface area contributed by atoms with Gasteiger partial charge in [0, 0.05) is 19.1 Å². The van der Waals surface area contributed by atoms with Crippen molar-refractivity contribution in [2.75, 3.05) is 18.0 Å². The second-order valence-corrected chi connectivity index (χ2v) is 4.49. The molecule has 1 N–H and O–H groups in total. The molecule has 0 heterocycles. The van der Waals surface area contributed by atoms with Gasteiger partial charge in [-0.2, -0.15) is 5.26 Å². The van der Waals surface area contributed by atoms with Gasteiger partial charge in [0.1, 0.15) is 11.9 Å². The number of para-hydroxylation sites is 1. The van der Waals surface area contributed by atoms with Crippen LogP contribution in [0.5, 0.6) is 0 Å². The molecule has 0 radical (unpaired) electrons. The summed E-state index contributed by atoms with van der Waals surface area (Å²) in [5.74, 6) is -0.249. The van der Waals surface area contributed by atoms with Gasteiger partial charge in [0.25, 0.3) is 0 Å². The molecule has 0 bridgehead atoms. The van der Waals surface area contributed by atoms with Crippen LogP contribution in [-0.2, 0) is 0 Å². The number of nitrogens with one attached hydrogen (secondary N) is 1. The van der Waals surface area contributed by atoms with Crippen LogP contribution in [0.1, 0.15) is 20.8 Å². The number of nitrogens with zero attached hydrogens (tertiary/aromatic N) is 2. The topological polar surface area (TPSA) is 39.1 Å². The van der Waals surface area contributed by atoms with Crippen molar-refractivity contribution in [1.29, 1.82) is 5.26 Å². The maximum Gasteiger partial charge on any atom is 0.146 e. The van der Waals surface area contributed by atoms with Gasteiger partial charge in [-0.05, 0) is 32.9 Å². The average Bonchev–Trinajstić information content (AvgIpc) is 2.35. The Labute approximate surface area is 108 Å². The standard InChI is InChI=1S/C14H20FN3/c1-4-18(10-12(9-16)17-11(2)3)14-8-6-5-7-13(14)15/h5-8,11-12,17H,4,10H2,1-3H3. The monoisotopic (exact) mass is 249 g/mol. The van der Waals surface area contributed by atoms with E-state index in [1.165, 1.54) is 6.07 Å². The Balaban J connectivity index is 2.79. The normalized spacial score (nSPS) is 12.2. The number of anilines is 1. The van der Waals surface area contributed by atoms with Crippen LogP contribution in [0.3, 0.4) is 0 Å². The van der Waals surface area contributed by atoms with Crippen molar-refractivity contribution in [1.82, 2.24) is 5.32 Å². The van der Waals surface area contributed by atoms with Gasteiger partial charge in [-0.25, -0.2) is 4.39 Å². The molecule has 0 aliphatic rings. The molecule has 1 aromatic carbocycles. The van der Waals surface area contributed by atoms with Crippen LogP contribution in [-0.4, -0.2) is 25.2 Å². The van der Waals surface area contributed by atoms with E-state index in [4.69, 9.17) is 5.26 Å². The Morgan fingerprint density at radius 1 is 1.39 bits per heavy atom. The van der Waals surface area contributed by atoms with E-state index in [2.05, 4.69) is 11.4 Å². The largest absolute Gasteiger partial charge is 0.367 e. The van der Waals surface area contributed by atoms with Crippen molar-refractivity contribution in [3.05, 3.63) is 30.1 Å². The van der Waals surface area contributed by atoms with E-state index in [1.807, 2.05) is 25.7 Å². The van der Waals surface area contributed by atoms with Crippen molar-refractivity contribution >= 4 is 5.69 Å². The Morgan fingerprint density at radius 3 is 2.56 bits per heavy atom. The summed E-state index contributed by atoms with van der Waals surface area (Å²) in [4.78, 5) is 1.87. The van der Waals surface area contributed by atoms with Gasteiger partial charge in [-0.3, -0.25) is 5.32 Å². The molecule has 0 fully saturated rings. The van der Waals surface area contributed by atoms with Gasteiger partial charge in [-0.15, -0.1) is 0 Å². The molecular weight excluding hydrogens is 229 g/mol. The van der Waals surface area contributed by atoms with Crippen molar-refractivity contribution in [3.8, 4) is 6.07 Å². The zero-order valence-corrected chi connectivity index (χ0v) is 11.2. The second kappa shape index (κ2) is 6.97. The quantitative estimate of drug-likeness (QED) is 0.842. The molecule has 1 unspecified atom stereocenters. The maximum atomic E-state index is 13.7. The summed E-state index contributed by atoms with van der Waals surface area (Å²) in [6.07, 6.45) is 0. The first kappa shape index (κ1) is 14.5. The molecule has 18 heavy (non-hydrogen) atoms. The minimum Gasteiger partial charge on any atom is -0.367 e. The smallest absolute Gasteiger partial charge is 0.146 e. The average molecular weight is 249 g/mol. The Bertz CT molecular complexity index is 412. The number of rotatable bonds is 6. The number of likely N-dealkylation sites (N-methyl/N-ethyl adjacent to an activating group) is 1. The highest BCUT2D eigenvalue weighted by Crippen LogP contribution is 2.18. The van der Waals surface area contributed by atoms with Crippen LogP contribution in [0.2, 0.25) is 0 Å². The SMILES string of the molecule is CCN(CC(C#N)NC(C)C)c1ccccc1F. The summed E-state index contributed by atoms with van der Waals surface area (Å²) in [7, 11) is 0. The summed E-state index contributed by atoms with van der Waals surface area (Å²) in [6.45, 7) is 7.08. The second-order valence-electron chi connectivity index (χ2n) is 4.49. The van der Waals surface area contributed by atoms with Crippen molar-refractivity contribution in [3.63, 3.8) is 0 Å². The Hall–Kier alpha value is -1.60. The summed E-state index contributed by atoms with van der Waals surface area (Å²) in [5, 5.41) is 12.3. The highest BCUT2D eigenvalue weighted by molar-refractivity contribution is 5.47. The first-order chi connectivity index (χ1) is 8.58. The van der Waals surface area contributed by atoms with Gasteiger partial charge < -0.3 is 4.90 Å². The van der Waals surface area contributed by atoms with Crippen LogP contribution >= 0.6 is 0 Å². The maximum absolute atomic E-state index is 13.7. The molecule has 1 aromatic rings. The molecule has 98 valence electrons. The molecule has 0 aliphatic heterocycles. The van der Waals surface area contributed by atoms with Gasteiger partial charge in [0.05, 0.1) is 11.8 Å². The summed E-state index contributed by atoms with van der Waals surface area (Å²) in [5.41, 5.74) is 0.547. The fraction of sp³-hybridized carbons (Fsp3) is 0.500. The van der Waals surface area contributed by atoms with Crippen molar-refractivity contribution in [2.45, 2.75) is 32.9 Å². The Kier molecular flexibility index (Phi) is 5.60. The molecule has 0 amide bonds. The number of hydrogen-bond donors (Lipinski definition) is 1. The van der Waals surface area contributed by atoms with E-state index in [-0.39, 0.29) is 17.9 Å². The number of nitriles is 1. The predicted octanol–water partition coefficient (Wildman–Crippen LogP) is 2.54. The van der Waals surface area contributed by atoms with Gasteiger partial charge in [0.15, 0.2) is 0 Å². The van der Waals surface area contributed by atoms with E-state index in [0.29, 0.717) is 18.8 Å². The van der Waals surface area contributed by atoms with Gasteiger partial charge in [-0.1, -0.05) is 12.1 Å². The fourth-order valence-electron chi connectivity index (χ4n) is 1.86. The summed E-state index contributed by atoms with van der Waals surface area (Å²) >= 11 is 0. The van der Waals surface area contributed by atoms with Crippen LogP contribution in [0.25, 0.3) is 0 Å². The fourth-order valence-corrected chi connectivity index (χ4v) is 1.86. The summed E-state index contributed by atoms with van der Waals surface area (Å²) in [6, 6.07) is 8.79. The molecule has 0 saturated carbocycles. The minimum atomic E-state index is -0.301. The third-order valence-corrected chi connectivity index (χ3v) is 2.67. The van der Waals surface area contributed by atoms with Crippen LogP contribution in [0.15, 0.2) is 24.3 Å². The lowest BCUT2D eigenvalue weighted by Crippen LogP contribution is -2.43.